The molecule has 5 heteroatoms. The molecule has 0 fully saturated rings. The van der Waals surface area contributed by atoms with Crippen LogP contribution < -0.4 is 10.2 Å². The Labute approximate surface area is 122 Å². The molecule has 4 nitrogen and oxygen atoms in total. The number of sulfone groups is 1. The highest BCUT2D eigenvalue weighted by atomic mass is 32.2. The number of nitrogens with one attached hydrogen (secondary N) is 1. The van der Waals surface area contributed by atoms with Crippen molar-refractivity contribution >= 4 is 15.5 Å². The van der Waals surface area contributed by atoms with E-state index in [0.717, 1.165) is 25.9 Å². The lowest BCUT2D eigenvalue weighted by atomic mass is 9.96. The van der Waals surface area contributed by atoms with Gasteiger partial charge in [-0.2, -0.15) is 0 Å². The van der Waals surface area contributed by atoms with Crippen molar-refractivity contribution < 1.29 is 8.42 Å². The van der Waals surface area contributed by atoms with Gasteiger partial charge in [-0.1, -0.05) is 25.1 Å². The molecule has 0 aliphatic carbocycles. The maximum absolute atomic E-state index is 11.4. The van der Waals surface area contributed by atoms with Crippen molar-refractivity contribution in [3.63, 3.8) is 0 Å². The molecular formula is C15H24N2O2S. The normalized spacial score (nSPS) is 18.9. The fourth-order valence-corrected chi connectivity index (χ4v) is 3.22. The van der Waals surface area contributed by atoms with Crippen molar-refractivity contribution in [2.45, 2.75) is 25.8 Å². The third-order valence-electron chi connectivity index (χ3n) is 3.71. The van der Waals surface area contributed by atoms with Crippen LogP contribution in [-0.4, -0.2) is 40.1 Å². The molecule has 1 aromatic rings. The fraction of sp³-hybridized carbons (Fsp3) is 0.600. The molecule has 1 aromatic carbocycles. The van der Waals surface area contributed by atoms with E-state index in [1.165, 1.54) is 17.5 Å². The van der Waals surface area contributed by atoms with Gasteiger partial charge in [0, 0.05) is 31.1 Å². The minimum Gasteiger partial charge on any atom is -0.370 e. The number of hydrogen-bond donors (Lipinski definition) is 1. The average Bonchev–Trinajstić information content (AvgIpc) is 2.42. The molecule has 1 unspecified atom stereocenters. The van der Waals surface area contributed by atoms with Crippen molar-refractivity contribution in [1.29, 1.82) is 0 Å². The minimum atomic E-state index is -2.91. The number of anilines is 1. The standard InChI is InChI=1S/C15H24N2O2S/c1-3-9-16-14-8-10-17(11-12-20(2,18)19)15-7-5-4-6-13(14)15/h4-7,14,16H,3,8-12H2,1-2H3. The molecule has 1 heterocycles. The van der Waals surface area contributed by atoms with E-state index < -0.39 is 9.84 Å². The molecule has 0 spiro atoms. The molecular weight excluding hydrogens is 272 g/mol. The van der Waals surface area contributed by atoms with Gasteiger partial charge < -0.3 is 10.2 Å². The summed E-state index contributed by atoms with van der Waals surface area (Å²) in [5.74, 6) is 0.217. The lowest BCUT2D eigenvalue weighted by Crippen LogP contribution is -2.38. The smallest absolute Gasteiger partial charge is 0.149 e. The Morgan fingerprint density at radius 1 is 1.35 bits per heavy atom. The van der Waals surface area contributed by atoms with Crippen LogP contribution >= 0.6 is 0 Å². The van der Waals surface area contributed by atoms with Crippen LogP contribution in [0.15, 0.2) is 24.3 Å². The summed E-state index contributed by atoms with van der Waals surface area (Å²) in [6.07, 6.45) is 3.45. The van der Waals surface area contributed by atoms with Crippen LogP contribution in [0.1, 0.15) is 31.4 Å². The Morgan fingerprint density at radius 3 is 2.80 bits per heavy atom. The predicted molar refractivity (Wildman–Crippen MR) is 84.0 cm³/mol. The van der Waals surface area contributed by atoms with E-state index in [9.17, 15) is 8.42 Å². The zero-order valence-corrected chi connectivity index (χ0v) is 13.1. The molecule has 1 aliphatic rings. The molecule has 0 radical (unpaired) electrons. The second kappa shape index (κ2) is 6.59. The van der Waals surface area contributed by atoms with Crippen LogP contribution in [0.5, 0.6) is 0 Å². The van der Waals surface area contributed by atoms with Crippen LogP contribution in [0.2, 0.25) is 0 Å². The summed E-state index contributed by atoms with van der Waals surface area (Å²) < 4.78 is 22.7. The second-order valence-corrected chi connectivity index (χ2v) is 7.73. The van der Waals surface area contributed by atoms with Crippen LogP contribution in [0.25, 0.3) is 0 Å². The van der Waals surface area contributed by atoms with Crippen molar-refractivity contribution in [1.82, 2.24) is 5.32 Å². The van der Waals surface area contributed by atoms with Crippen LogP contribution in [0, 0.1) is 0 Å². The van der Waals surface area contributed by atoms with E-state index >= 15 is 0 Å². The van der Waals surface area contributed by atoms with Gasteiger partial charge in [-0.15, -0.1) is 0 Å². The lowest BCUT2D eigenvalue weighted by Gasteiger charge is -2.36. The summed E-state index contributed by atoms with van der Waals surface area (Å²) in [5, 5.41) is 3.58. The summed E-state index contributed by atoms with van der Waals surface area (Å²) in [4.78, 5) is 2.19. The Morgan fingerprint density at radius 2 is 2.10 bits per heavy atom. The van der Waals surface area contributed by atoms with Gasteiger partial charge in [0.05, 0.1) is 5.75 Å². The maximum Gasteiger partial charge on any atom is 0.149 e. The van der Waals surface area contributed by atoms with Crippen LogP contribution in [-0.2, 0) is 9.84 Å². The van der Waals surface area contributed by atoms with Gasteiger partial charge in [-0.3, -0.25) is 0 Å². The number of hydrogen-bond acceptors (Lipinski definition) is 4. The van der Waals surface area contributed by atoms with Crippen molar-refractivity contribution in [2.24, 2.45) is 0 Å². The monoisotopic (exact) mass is 296 g/mol. The molecule has 1 atom stereocenters. The summed E-state index contributed by atoms with van der Waals surface area (Å²) in [6.45, 7) is 4.67. The van der Waals surface area contributed by atoms with Gasteiger partial charge in [0.2, 0.25) is 0 Å². The third kappa shape index (κ3) is 3.96. The largest absolute Gasteiger partial charge is 0.370 e. The first-order valence-electron chi connectivity index (χ1n) is 7.26. The van der Waals surface area contributed by atoms with E-state index in [4.69, 9.17) is 0 Å². The number of fused-ring (bicyclic) bond motifs is 1. The number of nitrogens with zero attached hydrogens (tertiary/aromatic N) is 1. The molecule has 112 valence electrons. The van der Waals surface area contributed by atoms with Crippen LogP contribution in [0.3, 0.4) is 0 Å². The summed E-state index contributed by atoms with van der Waals surface area (Å²) >= 11 is 0. The van der Waals surface area contributed by atoms with Gasteiger partial charge >= 0.3 is 0 Å². The SMILES string of the molecule is CCCNC1CCN(CCS(C)(=O)=O)c2ccccc21. The molecule has 1 N–H and O–H groups in total. The van der Waals surface area contributed by atoms with Gasteiger partial charge in [0.25, 0.3) is 0 Å². The predicted octanol–water partition coefficient (Wildman–Crippen LogP) is 1.98. The maximum atomic E-state index is 11.4. The Bertz CT molecular complexity index is 543. The summed E-state index contributed by atoms with van der Waals surface area (Å²) in [7, 11) is -2.91. The molecule has 2 rings (SSSR count). The molecule has 1 aliphatic heterocycles. The molecule has 0 aromatic heterocycles. The first kappa shape index (κ1) is 15.3. The summed E-state index contributed by atoms with van der Waals surface area (Å²) in [5.41, 5.74) is 2.47. The highest BCUT2D eigenvalue weighted by molar-refractivity contribution is 7.90. The first-order valence-corrected chi connectivity index (χ1v) is 9.32. The average molecular weight is 296 g/mol. The van der Waals surface area contributed by atoms with E-state index in [1.54, 1.807) is 0 Å². The zero-order valence-electron chi connectivity index (χ0n) is 12.3. The Kier molecular flexibility index (Phi) is 5.05. The van der Waals surface area contributed by atoms with E-state index in [0.29, 0.717) is 12.6 Å². The quantitative estimate of drug-likeness (QED) is 0.872. The first-order chi connectivity index (χ1) is 9.51. The highest BCUT2D eigenvalue weighted by Crippen LogP contribution is 2.33. The van der Waals surface area contributed by atoms with Gasteiger partial charge in [0.1, 0.15) is 9.84 Å². The molecule has 0 saturated carbocycles. The van der Waals surface area contributed by atoms with Gasteiger partial charge in [0.15, 0.2) is 0 Å². The number of rotatable bonds is 6. The van der Waals surface area contributed by atoms with Crippen molar-refractivity contribution in [2.75, 3.05) is 36.5 Å². The Hall–Kier alpha value is -1.07. The molecule has 0 saturated heterocycles. The van der Waals surface area contributed by atoms with Gasteiger partial charge in [-0.05, 0) is 31.0 Å². The molecule has 0 bridgehead atoms. The topological polar surface area (TPSA) is 49.4 Å². The van der Waals surface area contributed by atoms with Crippen molar-refractivity contribution in [3.8, 4) is 0 Å². The number of benzene rings is 1. The minimum absolute atomic E-state index is 0.217. The van der Waals surface area contributed by atoms with Gasteiger partial charge in [-0.25, -0.2) is 8.42 Å². The molecule has 20 heavy (non-hydrogen) atoms. The lowest BCUT2D eigenvalue weighted by molar-refractivity contribution is 0.479. The van der Waals surface area contributed by atoms with E-state index in [1.807, 2.05) is 6.07 Å². The van der Waals surface area contributed by atoms with E-state index in [-0.39, 0.29) is 5.75 Å². The highest BCUT2D eigenvalue weighted by Gasteiger charge is 2.24. The molecule has 0 amide bonds. The third-order valence-corrected chi connectivity index (χ3v) is 4.64. The summed E-state index contributed by atoms with van der Waals surface area (Å²) in [6, 6.07) is 8.71. The second-order valence-electron chi connectivity index (χ2n) is 5.47. The zero-order chi connectivity index (χ0) is 14.6. The fourth-order valence-electron chi connectivity index (χ4n) is 2.67. The van der Waals surface area contributed by atoms with E-state index in [2.05, 4.69) is 35.3 Å². The Balaban J connectivity index is 2.14. The number of para-hydroxylation sites is 1. The van der Waals surface area contributed by atoms with Crippen LogP contribution in [0.4, 0.5) is 5.69 Å². The van der Waals surface area contributed by atoms with Crippen molar-refractivity contribution in [3.05, 3.63) is 29.8 Å².